The highest BCUT2D eigenvalue weighted by Gasteiger charge is 2.45. The van der Waals surface area contributed by atoms with Crippen LogP contribution in [0.3, 0.4) is 0 Å². The van der Waals surface area contributed by atoms with E-state index >= 15 is 0 Å². The molecule has 0 radical (unpaired) electrons. The maximum Gasteiger partial charge on any atom is 0.433 e. The molecule has 0 amide bonds. The van der Waals surface area contributed by atoms with Crippen LogP contribution in [-0.4, -0.2) is 23.2 Å². The molecule has 1 atom stereocenters. The lowest BCUT2D eigenvalue weighted by atomic mass is 9.72. The number of nitrogens with zero attached hydrogens (tertiary/aromatic N) is 1. The van der Waals surface area contributed by atoms with Crippen molar-refractivity contribution in [1.82, 2.24) is 10.3 Å². The molecule has 1 unspecified atom stereocenters. The fourth-order valence-corrected chi connectivity index (χ4v) is 5.46. The topological polar surface area (TPSA) is 45.2 Å². The molecular weight excluding hydrogens is 506 g/mol. The molecule has 3 nitrogen and oxygen atoms in total. The normalized spacial score (nSPS) is 16.9. The summed E-state index contributed by atoms with van der Waals surface area (Å²) in [7, 11) is 0. The molecular formula is C29H24F6N2O. The van der Waals surface area contributed by atoms with Crippen molar-refractivity contribution in [2.45, 2.75) is 30.8 Å². The Labute approximate surface area is 215 Å². The fraction of sp³-hybridized carbons (Fsp3) is 0.276. The van der Waals surface area contributed by atoms with E-state index in [9.17, 15) is 31.4 Å². The number of rotatable bonds is 4. The SMILES string of the molecule is OC(c1ccccc1)(c1ccc2nc(C(F)(F)F)c(-c3ccccc3)c(C(F)(F)F)c2c1)C1CCNCC1. The minimum absolute atomic E-state index is 0.175. The lowest BCUT2D eigenvalue weighted by molar-refractivity contribution is -0.143. The van der Waals surface area contributed by atoms with Gasteiger partial charge in [0.1, 0.15) is 5.60 Å². The molecule has 0 bridgehead atoms. The number of fused-ring (bicyclic) bond motifs is 1. The highest BCUT2D eigenvalue weighted by Crippen LogP contribution is 2.48. The molecule has 5 rings (SSSR count). The smallest absolute Gasteiger partial charge is 0.380 e. The molecule has 3 aromatic carbocycles. The van der Waals surface area contributed by atoms with Crippen molar-refractivity contribution in [3.63, 3.8) is 0 Å². The van der Waals surface area contributed by atoms with E-state index in [2.05, 4.69) is 10.3 Å². The van der Waals surface area contributed by atoms with Crippen molar-refractivity contribution in [1.29, 1.82) is 0 Å². The van der Waals surface area contributed by atoms with Gasteiger partial charge in [-0.1, -0.05) is 66.7 Å². The molecule has 2 heterocycles. The number of alkyl halides is 6. The second-order valence-corrected chi connectivity index (χ2v) is 9.46. The number of hydrogen-bond acceptors (Lipinski definition) is 3. The predicted octanol–water partition coefficient (Wildman–Crippen LogP) is 7.17. The largest absolute Gasteiger partial charge is 0.433 e. The van der Waals surface area contributed by atoms with Gasteiger partial charge in [-0.25, -0.2) is 4.98 Å². The monoisotopic (exact) mass is 530 g/mol. The number of aliphatic hydroxyl groups is 1. The molecule has 1 saturated heterocycles. The lowest BCUT2D eigenvalue weighted by Crippen LogP contribution is -2.42. The summed E-state index contributed by atoms with van der Waals surface area (Å²) in [4.78, 5) is 3.69. The van der Waals surface area contributed by atoms with Crippen LogP contribution in [0.4, 0.5) is 26.3 Å². The number of aromatic nitrogens is 1. The van der Waals surface area contributed by atoms with Crippen molar-refractivity contribution < 1.29 is 31.4 Å². The van der Waals surface area contributed by atoms with Gasteiger partial charge in [0.25, 0.3) is 0 Å². The van der Waals surface area contributed by atoms with Gasteiger partial charge in [-0.15, -0.1) is 0 Å². The highest BCUT2D eigenvalue weighted by atomic mass is 19.4. The summed E-state index contributed by atoms with van der Waals surface area (Å²) in [6, 6.07) is 19.0. The molecule has 0 aliphatic carbocycles. The van der Waals surface area contributed by atoms with E-state index in [-0.39, 0.29) is 17.0 Å². The molecule has 0 saturated carbocycles. The maximum atomic E-state index is 14.7. The molecule has 4 aromatic rings. The van der Waals surface area contributed by atoms with Gasteiger partial charge < -0.3 is 10.4 Å². The second-order valence-electron chi connectivity index (χ2n) is 9.46. The molecule has 1 aliphatic heterocycles. The van der Waals surface area contributed by atoms with E-state index in [1.165, 1.54) is 36.4 Å². The molecule has 1 aromatic heterocycles. The number of pyridine rings is 1. The fourth-order valence-electron chi connectivity index (χ4n) is 5.46. The zero-order chi connectivity index (χ0) is 27.1. The molecule has 1 fully saturated rings. The molecule has 1 aliphatic rings. The Balaban J connectivity index is 1.85. The van der Waals surface area contributed by atoms with Gasteiger partial charge in [-0.2, -0.15) is 26.3 Å². The summed E-state index contributed by atoms with van der Waals surface area (Å²) in [6.07, 6.45) is -9.13. The van der Waals surface area contributed by atoms with Gasteiger partial charge in [0.15, 0.2) is 5.69 Å². The van der Waals surface area contributed by atoms with E-state index in [1.54, 1.807) is 30.3 Å². The number of nitrogens with one attached hydrogen (secondary N) is 1. The maximum absolute atomic E-state index is 14.7. The Morgan fingerprint density at radius 2 is 1.34 bits per heavy atom. The van der Waals surface area contributed by atoms with Crippen LogP contribution in [0, 0.1) is 5.92 Å². The molecule has 0 spiro atoms. The average molecular weight is 531 g/mol. The first-order chi connectivity index (χ1) is 18.0. The molecule has 9 heteroatoms. The third-order valence-electron chi connectivity index (χ3n) is 7.18. The zero-order valence-electron chi connectivity index (χ0n) is 20.1. The first-order valence-corrected chi connectivity index (χ1v) is 12.2. The summed E-state index contributed by atoms with van der Waals surface area (Å²) in [5.41, 5.74) is -5.73. The molecule has 2 N–H and O–H groups in total. The number of halogens is 6. The second kappa shape index (κ2) is 9.71. The number of hydrogen-bond donors (Lipinski definition) is 2. The predicted molar refractivity (Wildman–Crippen MR) is 132 cm³/mol. The summed E-state index contributed by atoms with van der Waals surface area (Å²) >= 11 is 0. The van der Waals surface area contributed by atoms with Crippen LogP contribution in [0.15, 0.2) is 78.9 Å². The zero-order valence-corrected chi connectivity index (χ0v) is 20.1. The van der Waals surface area contributed by atoms with Crippen molar-refractivity contribution in [3.8, 4) is 11.1 Å². The third-order valence-corrected chi connectivity index (χ3v) is 7.18. The lowest BCUT2D eigenvalue weighted by Gasteiger charge is -2.40. The first kappa shape index (κ1) is 26.2. The van der Waals surface area contributed by atoms with E-state index in [0.29, 0.717) is 31.5 Å². The molecule has 198 valence electrons. The van der Waals surface area contributed by atoms with Gasteiger partial charge in [0.05, 0.1) is 11.1 Å². The molecule has 38 heavy (non-hydrogen) atoms. The number of benzene rings is 3. The quantitative estimate of drug-likeness (QED) is 0.275. The van der Waals surface area contributed by atoms with E-state index in [4.69, 9.17) is 0 Å². The Morgan fingerprint density at radius 1 is 0.737 bits per heavy atom. The van der Waals surface area contributed by atoms with Gasteiger partial charge >= 0.3 is 12.4 Å². The highest BCUT2D eigenvalue weighted by molar-refractivity contribution is 5.91. The minimum Gasteiger partial charge on any atom is -0.380 e. The summed E-state index contributed by atoms with van der Waals surface area (Å²) in [5, 5.41) is 14.9. The summed E-state index contributed by atoms with van der Waals surface area (Å²) in [6.45, 7) is 1.24. The van der Waals surface area contributed by atoms with Crippen molar-refractivity contribution in [2.75, 3.05) is 13.1 Å². The average Bonchev–Trinajstić information content (AvgIpc) is 2.91. The van der Waals surface area contributed by atoms with Crippen molar-refractivity contribution >= 4 is 10.9 Å². The van der Waals surface area contributed by atoms with Crippen LogP contribution < -0.4 is 5.32 Å². The van der Waals surface area contributed by atoms with Gasteiger partial charge in [0, 0.05) is 10.9 Å². The Morgan fingerprint density at radius 3 is 1.92 bits per heavy atom. The van der Waals surface area contributed by atoms with Crippen LogP contribution in [-0.2, 0) is 18.0 Å². The van der Waals surface area contributed by atoms with E-state index < -0.39 is 45.7 Å². The first-order valence-electron chi connectivity index (χ1n) is 12.2. The number of piperidine rings is 1. The minimum atomic E-state index is -5.13. The summed E-state index contributed by atoms with van der Waals surface area (Å²) in [5.74, 6) is -0.325. The van der Waals surface area contributed by atoms with Crippen LogP contribution in [0.5, 0.6) is 0 Å². The Kier molecular flexibility index (Phi) is 6.69. The van der Waals surface area contributed by atoms with Gasteiger partial charge in [0.2, 0.25) is 0 Å². The third kappa shape index (κ3) is 4.65. The van der Waals surface area contributed by atoms with Crippen LogP contribution in [0.25, 0.3) is 22.0 Å². The Hall–Kier alpha value is -3.43. The van der Waals surface area contributed by atoms with Crippen LogP contribution in [0.2, 0.25) is 0 Å². The Bertz CT molecular complexity index is 1430. The summed E-state index contributed by atoms with van der Waals surface area (Å²) < 4.78 is 86.3. The van der Waals surface area contributed by atoms with Crippen molar-refractivity contribution in [3.05, 3.63) is 101 Å². The van der Waals surface area contributed by atoms with Gasteiger partial charge in [-0.05, 0) is 60.7 Å². The standard InChI is InChI=1S/C29H24F6N2O/c30-28(31,32)25-22-17-21(27(38,19-9-5-2-6-10-19)20-13-15-36-16-14-20)11-12-23(22)37-26(29(33,34)35)24(25)18-7-3-1-4-8-18/h1-12,17,20,36,38H,13-16H2. The van der Waals surface area contributed by atoms with Crippen molar-refractivity contribution in [2.24, 2.45) is 5.92 Å². The van der Waals surface area contributed by atoms with E-state index in [0.717, 1.165) is 12.1 Å². The van der Waals surface area contributed by atoms with Crippen LogP contribution >= 0.6 is 0 Å². The van der Waals surface area contributed by atoms with Gasteiger partial charge in [-0.3, -0.25) is 0 Å². The van der Waals surface area contributed by atoms with Crippen LogP contribution in [0.1, 0.15) is 35.2 Å². The van der Waals surface area contributed by atoms with E-state index in [1.807, 2.05) is 0 Å².